The van der Waals surface area contributed by atoms with Crippen LogP contribution >= 0.6 is 31.9 Å². The van der Waals surface area contributed by atoms with Gasteiger partial charge in [-0.25, -0.2) is 4.39 Å². The fourth-order valence-electron chi connectivity index (χ4n) is 1.99. The second-order valence-electron chi connectivity index (χ2n) is 5.08. The largest absolute Gasteiger partial charge is 0.456 e. The van der Waals surface area contributed by atoms with Gasteiger partial charge in [-0.1, -0.05) is 22.0 Å². The van der Waals surface area contributed by atoms with Gasteiger partial charge < -0.3 is 10.1 Å². The van der Waals surface area contributed by atoms with Gasteiger partial charge in [0.1, 0.15) is 17.3 Å². The first-order chi connectivity index (χ1) is 10.1. The summed E-state index contributed by atoms with van der Waals surface area (Å²) in [5.41, 5.74) is 1.08. The van der Waals surface area contributed by atoms with Gasteiger partial charge in [0.15, 0.2) is 0 Å². The maximum atomic E-state index is 13.1. The van der Waals surface area contributed by atoms with E-state index in [2.05, 4.69) is 37.2 Å². The standard InChI is InChI=1S/C16H14Br2FNO/c17-11-2-1-10(9-20-13-4-5-13)16(7-11)21-15-6-3-12(19)8-14(15)18/h1-3,6-8,13,20H,4-5,9H2. The molecule has 1 N–H and O–H groups in total. The van der Waals surface area contributed by atoms with Crippen LogP contribution in [0.5, 0.6) is 11.5 Å². The van der Waals surface area contributed by atoms with Gasteiger partial charge in [0.05, 0.1) is 4.47 Å². The lowest BCUT2D eigenvalue weighted by Crippen LogP contribution is -2.15. The van der Waals surface area contributed by atoms with E-state index >= 15 is 0 Å². The summed E-state index contributed by atoms with van der Waals surface area (Å²) in [6.07, 6.45) is 2.49. The summed E-state index contributed by atoms with van der Waals surface area (Å²) in [5, 5.41) is 3.48. The molecule has 2 nitrogen and oxygen atoms in total. The van der Waals surface area contributed by atoms with E-state index in [-0.39, 0.29) is 5.82 Å². The molecule has 1 aliphatic rings. The maximum absolute atomic E-state index is 13.1. The first-order valence-electron chi connectivity index (χ1n) is 6.76. The summed E-state index contributed by atoms with van der Waals surface area (Å²) in [6, 6.07) is 11.0. The number of rotatable bonds is 5. The van der Waals surface area contributed by atoms with Gasteiger partial charge in [-0.3, -0.25) is 0 Å². The maximum Gasteiger partial charge on any atom is 0.141 e. The summed E-state index contributed by atoms with van der Waals surface area (Å²) in [6.45, 7) is 0.770. The van der Waals surface area contributed by atoms with Gasteiger partial charge in [-0.2, -0.15) is 0 Å². The van der Waals surface area contributed by atoms with Crippen LogP contribution in [-0.4, -0.2) is 6.04 Å². The smallest absolute Gasteiger partial charge is 0.141 e. The molecule has 0 saturated heterocycles. The summed E-state index contributed by atoms with van der Waals surface area (Å²) >= 11 is 6.79. The Balaban J connectivity index is 1.83. The number of ether oxygens (including phenoxy) is 1. The molecule has 0 radical (unpaired) electrons. The molecule has 0 spiro atoms. The van der Waals surface area contributed by atoms with Crippen LogP contribution in [-0.2, 0) is 6.54 Å². The van der Waals surface area contributed by atoms with Crippen molar-refractivity contribution in [3.8, 4) is 11.5 Å². The van der Waals surface area contributed by atoms with Crippen molar-refractivity contribution in [2.45, 2.75) is 25.4 Å². The average molecular weight is 415 g/mol. The zero-order chi connectivity index (χ0) is 14.8. The lowest BCUT2D eigenvalue weighted by atomic mass is 10.2. The highest BCUT2D eigenvalue weighted by atomic mass is 79.9. The average Bonchev–Trinajstić information content (AvgIpc) is 3.25. The molecule has 1 fully saturated rings. The first kappa shape index (κ1) is 15.0. The van der Waals surface area contributed by atoms with Gasteiger partial charge in [-0.15, -0.1) is 0 Å². The minimum Gasteiger partial charge on any atom is -0.456 e. The zero-order valence-electron chi connectivity index (χ0n) is 11.2. The third-order valence-corrected chi connectivity index (χ3v) is 4.41. The zero-order valence-corrected chi connectivity index (χ0v) is 14.4. The van der Waals surface area contributed by atoms with Crippen LogP contribution in [0.4, 0.5) is 4.39 Å². The molecular weight excluding hydrogens is 401 g/mol. The predicted molar refractivity (Wildman–Crippen MR) is 88.2 cm³/mol. The Morgan fingerprint density at radius 3 is 2.62 bits per heavy atom. The molecule has 21 heavy (non-hydrogen) atoms. The number of nitrogens with one attached hydrogen (secondary N) is 1. The summed E-state index contributed by atoms with van der Waals surface area (Å²) < 4.78 is 20.6. The van der Waals surface area contributed by atoms with Crippen molar-refractivity contribution in [3.05, 3.63) is 56.7 Å². The molecule has 0 aliphatic heterocycles. The van der Waals surface area contributed by atoms with Crippen LogP contribution in [0.1, 0.15) is 18.4 Å². The van der Waals surface area contributed by atoms with Crippen molar-refractivity contribution in [2.75, 3.05) is 0 Å². The van der Waals surface area contributed by atoms with Gasteiger partial charge >= 0.3 is 0 Å². The van der Waals surface area contributed by atoms with Gasteiger partial charge in [0, 0.05) is 22.6 Å². The minimum absolute atomic E-state index is 0.293. The van der Waals surface area contributed by atoms with E-state index in [9.17, 15) is 4.39 Å². The number of hydrogen-bond acceptors (Lipinski definition) is 2. The molecule has 2 aromatic rings. The van der Waals surface area contributed by atoms with Crippen molar-refractivity contribution in [1.82, 2.24) is 5.32 Å². The van der Waals surface area contributed by atoms with Gasteiger partial charge in [0.25, 0.3) is 0 Å². The molecule has 2 aromatic carbocycles. The first-order valence-corrected chi connectivity index (χ1v) is 8.35. The van der Waals surface area contributed by atoms with Crippen molar-refractivity contribution in [2.24, 2.45) is 0 Å². The van der Waals surface area contributed by atoms with Crippen LogP contribution < -0.4 is 10.1 Å². The molecule has 1 aliphatic carbocycles. The highest BCUT2D eigenvalue weighted by molar-refractivity contribution is 9.10. The van der Waals surface area contributed by atoms with Crippen molar-refractivity contribution in [3.63, 3.8) is 0 Å². The van der Waals surface area contributed by atoms with E-state index in [1.54, 1.807) is 6.07 Å². The molecule has 110 valence electrons. The number of hydrogen-bond donors (Lipinski definition) is 1. The van der Waals surface area contributed by atoms with E-state index in [0.717, 1.165) is 22.3 Å². The third kappa shape index (κ3) is 4.05. The molecule has 0 heterocycles. The predicted octanol–water partition coefficient (Wildman–Crippen LogP) is 5.40. The Labute approximate surface area is 140 Å². The summed E-state index contributed by atoms with van der Waals surface area (Å²) in [7, 11) is 0. The lowest BCUT2D eigenvalue weighted by Gasteiger charge is -2.13. The molecule has 0 atom stereocenters. The van der Waals surface area contributed by atoms with E-state index < -0.39 is 0 Å². The second-order valence-corrected chi connectivity index (χ2v) is 6.85. The number of halogens is 3. The van der Waals surface area contributed by atoms with E-state index in [1.807, 2.05) is 18.2 Å². The van der Waals surface area contributed by atoms with Gasteiger partial charge in [0.2, 0.25) is 0 Å². The highest BCUT2D eigenvalue weighted by Crippen LogP contribution is 2.34. The fourth-order valence-corrected chi connectivity index (χ4v) is 2.76. The van der Waals surface area contributed by atoms with Crippen molar-refractivity contribution in [1.29, 1.82) is 0 Å². The van der Waals surface area contributed by atoms with Crippen LogP contribution in [0.3, 0.4) is 0 Å². The minimum atomic E-state index is -0.293. The molecule has 5 heteroatoms. The summed E-state index contributed by atoms with van der Waals surface area (Å²) in [4.78, 5) is 0. The normalized spacial score (nSPS) is 14.2. The van der Waals surface area contributed by atoms with Gasteiger partial charge in [-0.05, 0) is 59.1 Å². The quantitative estimate of drug-likeness (QED) is 0.707. The lowest BCUT2D eigenvalue weighted by molar-refractivity contribution is 0.467. The van der Waals surface area contributed by atoms with Crippen molar-refractivity contribution >= 4 is 31.9 Å². The Bertz CT molecular complexity index is 659. The number of benzene rings is 2. The Morgan fingerprint density at radius 2 is 1.90 bits per heavy atom. The van der Waals surface area contributed by atoms with Crippen LogP contribution in [0.25, 0.3) is 0 Å². The highest BCUT2D eigenvalue weighted by Gasteiger charge is 2.20. The van der Waals surface area contributed by atoms with Crippen LogP contribution in [0, 0.1) is 5.82 Å². The summed E-state index contributed by atoms with van der Waals surface area (Å²) in [5.74, 6) is 1.08. The van der Waals surface area contributed by atoms with Crippen molar-refractivity contribution < 1.29 is 9.13 Å². The Morgan fingerprint density at radius 1 is 1.10 bits per heavy atom. The molecule has 1 saturated carbocycles. The molecule has 0 bridgehead atoms. The van der Waals surface area contributed by atoms with Crippen LogP contribution in [0.2, 0.25) is 0 Å². The second kappa shape index (κ2) is 6.46. The third-order valence-electron chi connectivity index (χ3n) is 3.30. The topological polar surface area (TPSA) is 21.3 Å². The molecule has 0 unspecified atom stereocenters. The van der Waals surface area contributed by atoms with E-state index in [4.69, 9.17) is 4.74 Å². The SMILES string of the molecule is Fc1ccc(Oc2cc(Br)ccc2CNC2CC2)c(Br)c1. The fraction of sp³-hybridized carbons (Fsp3) is 0.250. The van der Waals surface area contributed by atoms with Crippen LogP contribution in [0.15, 0.2) is 45.3 Å². The molecule has 0 aromatic heterocycles. The van der Waals surface area contributed by atoms with E-state index in [0.29, 0.717) is 16.3 Å². The molecule has 0 amide bonds. The molecule has 3 rings (SSSR count). The Kier molecular flexibility index (Phi) is 4.62. The molecular formula is C16H14Br2FNO. The van der Waals surface area contributed by atoms with E-state index in [1.165, 1.54) is 25.0 Å². The monoisotopic (exact) mass is 413 g/mol. The Hall–Kier alpha value is -0.910.